The van der Waals surface area contributed by atoms with Gasteiger partial charge in [-0.1, -0.05) is 12.1 Å². The zero-order chi connectivity index (χ0) is 18.7. The lowest BCUT2D eigenvalue weighted by Gasteiger charge is -2.31. The van der Waals surface area contributed by atoms with E-state index in [2.05, 4.69) is 35.0 Å². The summed E-state index contributed by atoms with van der Waals surface area (Å²) in [6, 6.07) is 8.72. The molecule has 1 atom stereocenters. The molecule has 2 aromatic rings. The Balaban J connectivity index is 1.66. The van der Waals surface area contributed by atoms with Crippen LogP contribution in [0.25, 0.3) is 10.8 Å². The third kappa shape index (κ3) is 4.73. The third-order valence-electron chi connectivity index (χ3n) is 4.67. The first-order valence-electron chi connectivity index (χ1n) is 9.36. The van der Waals surface area contributed by atoms with Gasteiger partial charge in [0, 0.05) is 50.0 Å². The van der Waals surface area contributed by atoms with E-state index in [1.54, 1.807) is 0 Å². The molecule has 0 radical (unpaired) electrons. The van der Waals surface area contributed by atoms with Crippen LogP contribution in [0.1, 0.15) is 39.7 Å². The summed E-state index contributed by atoms with van der Waals surface area (Å²) in [6.45, 7) is 11.3. The van der Waals surface area contributed by atoms with Crippen molar-refractivity contribution in [2.75, 3.05) is 19.6 Å². The van der Waals surface area contributed by atoms with Gasteiger partial charge in [-0.05, 0) is 57.2 Å². The molecule has 1 saturated heterocycles. The largest absolute Gasteiger partial charge is 0.444 e. The van der Waals surface area contributed by atoms with E-state index in [1.165, 1.54) is 10.9 Å². The van der Waals surface area contributed by atoms with Gasteiger partial charge in [0.15, 0.2) is 0 Å². The summed E-state index contributed by atoms with van der Waals surface area (Å²) in [5, 5.41) is 2.38. The van der Waals surface area contributed by atoms with Crippen LogP contribution >= 0.6 is 0 Å². The summed E-state index contributed by atoms with van der Waals surface area (Å²) >= 11 is 0. The number of nitrogens with zero attached hydrogens (tertiary/aromatic N) is 3. The molecule has 140 valence electrons. The quantitative estimate of drug-likeness (QED) is 0.815. The molecule has 1 unspecified atom stereocenters. The van der Waals surface area contributed by atoms with Gasteiger partial charge in [0.25, 0.3) is 0 Å². The lowest BCUT2D eigenvalue weighted by molar-refractivity contribution is 0.0179. The number of ether oxygens (including phenoxy) is 1. The summed E-state index contributed by atoms with van der Waals surface area (Å²) in [4.78, 5) is 20.9. The van der Waals surface area contributed by atoms with Crippen molar-refractivity contribution in [1.29, 1.82) is 0 Å². The van der Waals surface area contributed by atoms with Crippen LogP contribution in [-0.2, 0) is 11.3 Å². The summed E-state index contributed by atoms with van der Waals surface area (Å²) < 4.78 is 5.57. The van der Waals surface area contributed by atoms with Crippen molar-refractivity contribution in [3.05, 3.63) is 42.2 Å². The zero-order valence-electron chi connectivity index (χ0n) is 16.2. The summed E-state index contributed by atoms with van der Waals surface area (Å²) in [7, 11) is 0. The summed E-state index contributed by atoms with van der Waals surface area (Å²) in [6.07, 6.45) is 4.48. The van der Waals surface area contributed by atoms with Gasteiger partial charge in [0.2, 0.25) is 0 Å². The van der Waals surface area contributed by atoms with Crippen molar-refractivity contribution in [2.24, 2.45) is 0 Å². The Hall–Kier alpha value is -2.14. The minimum atomic E-state index is -0.456. The van der Waals surface area contributed by atoms with Gasteiger partial charge in [0.1, 0.15) is 5.60 Å². The number of fused-ring (bicyclic) bond motifs is 1. The van der Waals surface area contributed by atoms with Crippen LogP contribution in [0.3, 0.4) is 0 Å². The lowest BCUT2D eigenvalue weighted by atomic mass is 10.1. The second-order valence-electron chi connectivity index (χ2n) is 8.17. The molecule has 3 rings (SSSR count). The molecule has 1 aromatic carbocycles. The molecule has 0 spiro atoms. The van der Waals surface area contributed by atoms with Crippen molar-refractivity contribution in [2.45, 2.75) is 52.3 Å². The molecule has 1 aliphatic rings. The smallest absolute Gasteiger partial charge is 0.410 e. The molecule has 0 N–H and O–H groups in total. The molecule has 0 bridgehead atoms. The van der Waals surface area contributed by atoms with Crippen LogP contribution in [0.15, 0.2) is 36.7 Å². The van der Waals surface area contributed by atoms with E-state index in [0.717, 1.165) is 38.0 Å². The topological polar surface area (TPSA) is 45.7 Å². The molecular weight excluding hydrogens is 326 g/mol. The fourth-order valence-electron chi connectivity index (χ4n) is 3.47. The SMILES string of the molecule is CC1CN(Cc2ccc3cnccc3c2)CCCN1C(=O)OC(C)(C)C. The highest BCUT2D eigenvalue weighted by molar-refractivity contribution is 5.82. The van der Waals surface area contributed by atoms with Crippen LogP contribution in [0, 0.1) is 0 Å². The van der Waals surface area contributed by atoms with E-state index in [9.17, 15) is 4.79 Å². The minimum absolute atomic E-state index is 0.136. The predicted octanol–water partition coefficient (Wildman–Crippen LogP) is 4.07. The average molecular weight is 355 g/mol. The van der Waals surface area contributed by atoms with Gasteiger partial charge in [-0.15, -0.1) is 0 Å². The highest BCUT2D eigenvalue weighted by atomic mass is 16.6. The van der Waals surface area contributed by atoms with E-state index in [4.69, 9.17) is 4.74 Å². The van der Waals surface area contributed by atoms with Gasteiger partial charge in [-0.25, -0.2) is 4.79 Å². The fraction of sp³-hybridized carbons (Fsp3) is 0.524. The van der Waals surface area contributed by atoms with E-state index >= 15 is 0 Å². The number of amides is 1. The highest BCUT2D eigenvalue weighted by Crippen LogP contribution is 2.19. The maximum atomic E-state index is 12.5. The molecule has 1 fully saturated rings. The Morgan fingerprint density at radius 2 is 2.04 bits per heavy atom. The fourth-order valence-corrected chi connectivity index (χ4v) is 3.47. The second kappa shape index (κ2) is 7.62. The Kier molecular flexibility index (Phi) is 5.47. The monoisotopic (exact) mass is 355 g/mol. The molecule has 1 aliphatic heterocycles. The maximum absolute atomic E-state index is 12.5. The Labute approximate surface area is 156 Å². The first-order valence-corrected chi connectivity index (χ1v) is 9.36. The van der Waals surface area contributed by atoms with Crippen molar-refractivity contribution >= 4 is 16.9 Å². The van der Waals surface area contributed by atoms with E-state index in [1.807, 2.05) is 44.1 Å². The van der Waals surface area contributed by atoms with E-state index in [-0.39, 0.29) is 12.1 Å². The predicted molar refractivity (Wildman–Crippen MR) is 104 cm³/mol. The number of rotatable bonds is 2. The third-order valence-corrected chi connectivity index (χ3v) is 4.67. The number of benzene rings is 1. The standard InChI is InChI=1S/C21H29N3O2/c1-16-14-23(10-5-11-24(16)20(25)26-21(2,3)4)15-17-6-7-19-13-22-9-8-18(19)12-17/h6-9,12-13,16H,5,10-11,14-15H2,1-4H3. The van der Waals surface area contributed by atoms with E-state index < -0.39 is 5.60 Å². The van der Waals surface area contributed by atoms with Crippen LogP contribution in [0.5, 0.6) is 0 Å². The van der Waals surface area contributed by atoms with Gasteiger partial charge in [-0.3, -0.25) is 9.88 Å². The Morgan fingerprint density at radius 1 is 1.23 bits per heavy atom. The molecular formula is C21H29N3O2. The van der Waals surface area contributed by atoms with Crippen LogP contribution < -0.4 is 0 Å². The summed E-state index contributed by atoms with van der Waals surface area (Å²) in [5.41, 5.74) is 0.838. The molecule has 5 nitrogen and oxygen atoms in total. The molecule has 0 aliphatic carbocycles. The van der Waals surface area contributed by atoms with Crippen molar-refractivity contribution in [3.8, 4) is 0 Å². The van der Waals surface area contributed by atoms with Crippen LogP contribution in [0.2, 0.25) is 0 Å². The molecule has 2 heterocycles. The number of hydrogen-bond donors (Lipinski definition) is 0. The van der Waals surface area contributed by atoms with Gasteiger partial charge < -0.3 is 9.64 Å². The van der Waals surface area contributed by atoms with Crippen molar-refractivity contribution in [1.82, 2.24) is 14.8 Å². The van der Waals surface area contributed by atoms with Gasteiger partial charge in [-0.2, -0.15) is 0 Å². The zero-order valence-corrected chi connectivity index (χ0v) is 16.2. The van der Waals surface area contributed by atoms with E-state index in [0.29, 0.717) is 0 Å². The highest BCUT2D eigenvalue weighted by Gasteiger charge is 2.29. The first kappa shape index (κ1) is 18.6. The number of carbonyl (C=O) groups excluding carboxylic acids is 1. The normalized spacial score (nSPS) is 19.4. The second-order valence-corrected chi connectivity index (χ2v) is 8.17. The lowest BCUT2D eigenvalue weighted by Crippen LogP contribution is -2.44. The van der Waals surface area contributed by atoms with Crippen molar-refractivity contribution < 1.29 is 9.53 Å². The minimum Gasteiger partial charge on any atom is -0.444 e. The Bertz CT molecular complexity index is 769. The molecule has 1 amide bonds. The maximum Gasteiger partial charge on any atom is 0.410 e. The first-order chi connectivity index (χ1) is 12.3. The number of carbonyl (C=O) groups is 1. The van der Waals surface area contributed by atoms with Crippen molar-refractivity contribution in [3.63, 3.8) is 0 Å². The average Bonchev–Trinajstić information content (AvgIpc) is 2.74. The molecule has 0 saturated carbocycles. The van der Waals surface area contributed by atoms with Crippen LogP contribution in [-0.4, -0.2) is 52.2 Å². The summed E-state index contributed by atoms with van der Waals surface area (Å²) in [5.74, 6) is 0. The van der Waals surface area contributed by atoms with Gasteiger partial charge >= 0.3 is 6.09 Å². The van der Waals surface area contributed by atoms with Gasteiger partial charge in [0.05, 0.1) is 0 Å². The Morgan fingerprint density at radius 3 is 2.81 bits per heavy atom. The number of pyridine rings is 1. The number of aromatic nitrogens is 1. The molecule has 26 heavy (non-hydrogen) atoms. The molecule has 5 heteroatoms. The van der Waals surface area contributed by atoms with Crippen LogP contribution in [0.4, 0.5) is 4.79 Å². The molecule has 1 aromatic heterocycles. The number of hydrogen-bond acceptors (Lipinski definition) is 4.